The Kier molecular flexibility index (Phi) is 7.39. The highest BCUT2D eigenvalue weighted by atomic mass is 79.9. The summed E-state index contributed by atoms with van der Waals surface area (Å²) in [5, 5.41) is 4.40. The molecule has 0 bridgehead atoms. The number of rotatable bonds is 7. The standard InChI is InChI=1S/C29H19Br2N3O3/c30-23-12-10-22(11-13-23)28-32-27(33-34(28)25-16-14-24(31)15-17-25)29(36)37-18-26(35)21-8-6-20(7-9-21)19-4-2-1-3-5-19/h1-17H,18H2. The Morgan fingerprint density at radius 2 is 1.27 bits per heavy atom. The molecule has 0 N–H and O–H groups in total. The van der Waals surface area contributed by atoms with Gasteiger partial charge in [0.15, 0.2) is 18.2 Å². The summed E-state index contributed by atoms with van der Waals surface area (Å²) >= 11 is 6.86. The van der Waals surface area contributed by atoms with Gasteiger partial charge in [-0.2, -0.15) is 0 Å². The van der Waals surface area contributed by atoms with E-state index < -0.39 is 12.6 Å². The number of ether oxygens (including phenoxy) is 1. The van der Waals surface area contributed by atoms with Crippen LogP contribution in [-0.2, 0) is 4.74 Å². The second kappa shape index (κ2) is 11.0. The van der Waals surface area contributed by atoms with E-state index in [9.17, 15) is 9.59 Å². The lowest BCUT2D eigenvalue weighted by Crippen LogP contribution is -2.15. The van der Waals surface area contributed by atoms with Crippen molar-refractivity contribution in [1.29, 1.82) is 0 Å². The summed E-state index contributed by atoms with van der Waals surface area (Å²) in [6.07, 6.45) is 0. The van der Waals surface area contributed by atoms with Crippen LogP contribution in [0, 0.1) is 0 Å². The predicted molar refractivity (Wildman–Crippen MR) is 149 cm³/mol. The van der Waals surface area contributed by atoms with E-state index in [4.69, 9.17) is 4.74 Å². The number of esters is 1. The normalized spacial score (nSPS) is 10.8. The molecule has 0 saturated heterocycles. The van der Waals surface area contributed by atoms with Gasteiger partial charge in [-0.15, -0.1) is 5.10 Å². The van der Waals surface area contributed by atoms with E-state index >= 15 is 0 Å². The fraction of sp³-hybridized carbons (Fsp3) is 0.0345. The molecule has 1 heterocycles. The molecule has 182 valence electrons. The third-order valence-electron chi connectivity index (χ3n) is 5.61. The summed E-state index contributed by atoms with van der Waals surface area (Å²) in [7, 11) is 0. The summed E-state index contributed by atoms with van der Waals surface area (Å²) in [5.74, 6) is -0.741. The SMILES string of the molecule is O=C(COC(=O)c1nc(-c2ccc(Br)cc2)n(-c2ccc(Br)cc2)n1)c1ccc(-c2ccccc2)cc1. The van der Waals surface area contributed by atoms with Crippen LogP contribution >= 0.6 is 31.9 Å². The van der Waals surface area contributed by atoms with Gasteiger partial charge in [0, 0.05) is 20.1 Å². The molecule has 0 radical (unpaired) electrons. The minimum Gasteiger partial charge on any atom is -0.451 e. The number of ketones is 1. The smallest absolute Gasteiger partial charge is 0.378 e. The maximum Gasteiger partial charge on any atom is 0.378 e. The van der Waals surface area contributed by atoms with Crippen molar-refractivity contribution in [2.24, 2.45) is 0 Å². The zero-order valence-electron chi connectivity index (χ0n) is 19.3. The highest BCUT2D eigenvalue weighted by Gasteiger charge is 2.21. The number of nitrogens with zero attached hydrogens (tertiary/aromatic N) is 3. The molecule has 1 aromatic heterocycles. The molecule has 0 unspecified atom stereocenters. The second-order valence-corrected chi connectivity index (χ2v) is 9.93. The molecule has 0 aliphatic rings. The van der Waals surface area contributed by atoms with Gasteiger partial charge in [0.05, 0.1) is 5.69 Å². The first-order valence-electron chi connectivity index (χ1n) is 11.3. The van der Waals surface area contributed by atoms with Crippen LogP contribution in [0.1, 0.15) is 21.0 Å². The molecule has 0 spiro atoms. The van der Waals surface area contributed by atoms with Gasteiger partial charge in [0.1, 0.15) is 0 Å². The number of hydrogen-bond acceptors (Lipinski definition) is 5. The number of carbonyl (C=O) groups excluding carboxylic acids is 2. The average molecular weight is 617 g/mol. The Morgan fingerprint density at radius 3 is 1.92 bits per heavy atom. The van der Waals surface area contributed by atoms with Crippen LogP contribution in [0.15, 0.2) is 112 Å². The highest BCUT2D eigenvalue weighted by Crippen LogP contribution is 2.25. The van der Waals surface area contributed by atoms with Crippen LogP contribution in [0.4, 0.5) is 0 Å². The van der Waals surface area contributed by atoms with Gasteiger partial charge in [-0.25, -0.2) is 14.5 Å². The predicted octanol–water partition coefficient (Wildman–Crippen LogP) is 7.17. The van der Waals surface area contributed by atoms with E-state index in [0.29, 0.717) is 11.4 Å². The van der Waals surface area contributed by atoms with E-state index in [1.807, 2.05) is 91.0 Å². The molecule has 5 aromatic rings. The maximum absolute atomic E-state index is 12.8. The first-order valence-corrected chi connectivity index (χ1v) is 12.9. The van der Waals surface area contributed by atoms with Crippen molar-refractivity contribution >= 4 is 43.6 Å². The van der Waals surface area contributed by atoms with Crippen molar-refractivity contribution in [2.75, 3.05) is 6.61 Å². The van der Waals surface area contributed by atoms with Crippen LogP contribution < -0.4 is 0 Å². The van der Waals surface area contributed by atoms with Gasteiger partial charge in [-0.05, 0) is 47.5 Å². The molecule has 0 aliphatic carbocycles. The van der Waals surface area contributed by atoms with Gasteiger partial charge >= 0.3 is 5.97 Å². The van der Waals surface area contributed by atoms with E-state index in [1.165, 1.54) is 0 Å². The first-order chi connectivity index (χ1) is 18.0. The molecule has 0 aliphatic heterocycles. The minimum atomic E-state index is -0.775. The van der Waals surface area contributed by atoms with Gasteiger partial charge in [-0.3, -0.25) is 4.79 Å². The number of benzene rings is 4. The topological polar surface area (TPSA) is 74.1 Å². The summed E-state index contributed by atoms with van der Waals surface area (Å²) in [6, 6.07) is 32.1. The van der Waals surface area contributed by atoms with Crippen molar-refractivity contribution in [3.05, 3.63) is 123 Å². The lowest BCUT2D eigenvalue weighted by Gasteiger charge is -2.06. The van der Waals surface area contributed by atoms with Crippen LogP contribution in [0.3, 0.4) is 0 Å². The Morgan fingerprint density at radius 1 is 0.703 bits per heavy atom. The molecule has 0 atom stereocenters. The quantitative estimate of drug-likeness (QED) is 0.143. The van der Waals surface area contributed by atoms with Crippen molar-refractivity contribution < 1.29 is 14.3 Å². The van der Waals surface area contributed by atoms with Crippen molar-refractivity contribution in [3.63, 3.8) is 0 Å². The summed E-state index contributed by atoms with van der Waals surface area (Å²) in [6.45, 7) is -0.413. The largest absolute Gasteiger partial charge is 0.451 e. The lowest BCUT2D eigenvalue weighted by atomic mass is 10.0. The monoisotopic (exact) mass is 615 g/mol. The van der Waals surface area contributed by atoms with E-state index in [1.54, 1.807) is 16.8 Å². The fourth-order valence-corrected chi connectivity index (χ4v) is 4.23. The van der Waals surface area contributed by atoms with Crippen LogP contribution in [0.2, 0.25) is 0 Å². The fourth-order valence-electron chi connectivity index (χ4n) is 3.70. The molecule has 37 heavy (non-hydrogen) atoms. The molecule has 5 rings (SSSR count). The van der Waals surface area contributed by atoms with E-state index in [2.05, 4.69) is 41.9 Å². The Labute approximate surface area is 230 Å². The zero-order chi connectivity index (χ0) is 25.8. The second-order valence-electron chi connectivity index (χ2n) is 8.10. The van der Waals surface area contributed by atoms with Gasteiger partial charge < -0.3 is 4.74 Å². The Balaban J connectivity index is 1.34. The molecule has 6 nitrogen and oxygen atoms in total. The summed E-state index contributed by atoms with van der Waals surface area (Å²) < 4.78 is 8.71. The average Bonchev–Trinajstić information content (AvgIpc) is 3.38. The van der Waals surface area contributed by atoms with Crippen LogP contribution in [0.5, 0.6) is 0 Å². The lowest BCUT2D eigenvalue weighted by molar-refractivity contribution is 0.0462. The molecule has 0 saturated carbocycles. The maximum atomic E-state index is 12.8. The summed E-state index contributed by atoms with van der Waals surface area (Å²) in [5.41, 5.74) is 4.00. The third kappa shape index (κ3) is 5.76. The minimum absolute atomic E-state index is 0.131. The number of hydrogen-bond donors (Lipinski definition) is 0. The van der Waals surface area contributed by atoms with Gasteiger partial charge in [0.2, 0.25) is 0 Å². The number of aromatic nitrogens is 3. The number of halogens is 2. The van der Waals surface area contributed by atoms with E-state index in [0.717, 1.165) is 31.3 Å². The molecule has 4 aromatic carbocycles. The Bertz CT molecular complexity index is 1480. The van der Waals surface area contributed by atoms with Crippen LogP contribution in [0.25, 0.3) is 28.2 Å². The van der Waals surface area contributed by atoms with Gasteiger partial charge in [0.25, 0.3) is 5.82 Å². The van der Waals surface area contributed by atoms with Crippen molar-refractivity contribution in [1.82, 2.24) is 14.8 Å². The third-order valence-corrected chi connectivity index (χ3v) is 6.67. The molecule has 8 heteroatoms. The molecule has 0 fully saturated rings. The van der Waals surface area contributed by atoms with Gasteiger partial charge in [-0.1, -0.05) is 98.6 Å². The molecule has 0 amide bonds. The van der Waals surface area contributed by atoms with Crippen molar-refractivity contribution in [3.8, 4) is 28.2 Å². The zero-order valence-corrected chi connectivity index (χ0v) is 22.5. The molecular weight excluding hydrogens is 598 g/mol. The van der Waals surface area contributed by atoms with Crippen molar-refractivity contribution in [2.45, 2.75) is 0 Å². The summed E-state index contributed by atoms with van der Waals surface area (Å²) in [4.78, 5) is 29.9. The van der Waals surface area contributed by atoms with E-state index in [-0.39, 0.29) is 11.6 Å². The highest BCUT2D eigenvalue weighted by molar-refractivity contribution is 9.10. The first kappa shape index (κ1) is 24.8. The Hall–Kier alpha value is -3.88. The molecular formula is C29H19Br2N3O3. The van der Waals surface area contributed by atoms with Crippen LogP contribution in [-0.4, -0.2) is 33.1 Å². The number of carbonyl (C=O) groups is 2. The number of Topliss-reactive ketones (excluding diaryl/α,β-unsaturated/α-hetero) is 1.